The van der Waals surface area contributed by atoms with Gasteiger partial charge in [-0.2, -0.15) is 5.10 Å². The standard InChI is InChI=1S/C11H11BrN2O/c1-15-11-4-2-3-10(7-11)14-6-5-9(8-12)13-14/h2-7H,8H2,1H3. The average molecular weight is 267 g/mol. The maximum absolute atomic E-state index is 5.16. The highest BCUT2D eigenvalue weighted by Gasteiger charge is 2.00. The maximum Gasteiger partial charge on any atom is 0.121 e. The highest BCUT2D eigenvalue weighted by atomic mass is 79.9. The van der Waals surface area contributed by atoms with E-state index in [2.05, 4.69) is 21.0 Å². The van der Waals surface area contributed by atoms with Crippen molar-refractivity contribution in [3.05, 3.63) is 42.2 Å². The summed E-state index contributed by atoms with van der Waals surface area (Å²) in [4.78, 5) is 0. The number of nitrogens with zero attached hydrogens (tertiary/aromatic N) is 2. The third-order valence-corrected chi connectivity index (χ3v) is 2.67. The molecule has 4 heteroatoms. The molecule has 0 saturated carbocycles. The van der Waals surface area contributed by atoms with E-state index in [9.17, 15) is 0 Å². The Morgan fingerprint density at radius 2 is 2.27 bits per heavy atom. The molecule has 1 heterocycles. The summed E-state index contributed by atoms with van der Waals surface area (Å²) in [6.07, 6.45) is 1.94. The summed E-state index contributed by atoms with van der Waals surface area (Å²) in [5, 5.41) is 5.16. The van der Waals surface area contributed by atoms with Gasteiger partial charge < -0.3 is 4.74 Å². The third kappa shape index (κ3) is 2.21. The fraction of sp³-hybridized carbons (Fsp3) is 0.182. The van der Waals surface area contributed by atoms with Crippen LogP contribution < -0.4 is 4.74 Å². The van der Waals surface area contributed by atoms with Gasteiger partial charge in [-0.05, 0) is 18.2 Å². The number of methoxy groups -OCH3 is 1. The minimum Gasteiger partial charge on any atom is -0.497 e. The van der Waals surface area contributed by atoms with E-state index in [4.69, 9.17) is 4.74 Å². The van der Waals surface area contributed by atoms with Crippen LogP contribution in [0.1, 0.15) is 5.69 Å². The number of hydrogen-bond donors (Lipinski definition) is 0. The van der Waals surface area contributed by atoms with Crippen LogP contribution >= 0.6 is 15.9 Å². The molecular weight excluding hydrogens is 256 g/mol. The van der Waals surface area contributed by atoms with Gasteiger partial charge >= 0.3 is 0 Å². The summed E-state index contributed by atoms with van der Waals surface area (Å²) in [6, 6.07) is 9.79. The predicted molar refractivity (Wildman–Crippen MR) is 62.7 cm³/mol. The minimum absolute atomic E-state index is 0.768. The summed E-state index contributed by atoms with van der Waals surface area (Å²) in [5.41, 5.74) is 2.01. The number of aromatic nitrogens is 2. The van der Waals surface area contributed by atoms with Crippen LogP contribution in [0.25, 0.3) is 5.69 Å². The van der Waals surface area contributed by atoms with Crippen molar-refractivity contribution in [1.29, 1.82) is 0 Å². The van der Waals surface area contributed by atoms with Crippen LogP contribution in [0.4, 0.5) is 0 Å². The Labute approximate surface area is 96.8 Å². The Morgan fingerprint density at radius 1 is 1.40 bits per heavy atom. The van der Waals surface area contributed by atoms with Crippen LogP contribution in [0.5, 0.6) is 5.75 Å². The van der Waals surface area contributed by atoms with Gasteiger partial charge in [-0.15, -0.1) is 0 Å². The van der Waals surface area contributed by atoms with Crippen molar-refractivity contribution in [1.82, 2.24) is 9.78 Å². The van der Waals surface area contributed by atoms with Crippen LogP contribution in [0.3, 0.4) is 0 Å². The molecule has 0 N–H and O–H groups in total. The number of benzene rings is 1. The van der Waals surface area contributed by atoms with Crippen molar-refractivity contribution in [2.24, 2.45) is 0 Å². The van der Waals surface area contributed by atoms with E-state index in [0.29, 0.717) is 0 Å². The Bertz CT molecular complexity index is 453. The molecule has 2 rings (SSSR count). The second-order valence-corrected chi connectivity index (χ2v) is 3.65. The molecule has 0 fully saturated rings. The van der Waals surface area contributed by atoms with E-state index in [1.54, 1.807) is 7.11 Å². The van der Waals surface area contributed by atoms with Gasteiger partial charge in [-0.3, -0.25) is 0 Å². The lowest BCUT2D eigenvalue weighted by Gasteiger charge is -2.03. The lowest BCUT2D eigenvalue weighted by molar-refractivity contribution is 0.414. The van der Waals surface area contributed by atoms with Crippen molar-refractivity contribution in [2.45, 2.75) is 5.33 Å². The molecule has 0 aliphatic heterocycles. The number of halogens is 1. The van der Waals surface area contributed by atoms with Crippen LogP contribution in [-0.4, -0.2) is 16.9 Å². The van der Waals surface area contributed by atoms with Crippen LogP contribution in [0.2, 0.25) is 0 Å². The molecule has 0 bridgehead atoms. The Hall–Kier alpha value is -1.29. The molecular formula is C11H11BrN2O. The first-order valence-electron chi connectivity index (χ1n) is 4.58. The van der Waals surface area contributed by atoms with E-state index < -0.39 is 0 Å². The molecule has 0 unspecified atom stereocenters. The predicted octanol–water partition coefficient (Wildman–Crippen LogP) is 2.78. The summed E-state index contributed by atoms with van der Waals surface area (Å²) < 4.78 is 6.99. The van der Waals surface area contributed by atoms with Gasteiger partial charge in [0.1, 0.15) is 5.75 Å². The van der Waals surface area contributed by atoms with Gasteiger partial charge in [0, 0.05) is 17.6 Å². The number of rotatable bonds is 3. The number of ether oxygens (including phenoxy) is 1. The first-order valence-corrected chi connectivity index (χ1v) is 5.70. The quantitative estimate of drug-likeness (QED) is 0.799. The summed E-state index contributed by atoms with van der Waals surface area (Å²) in [6.45, 7) is 0. The van der Waals surface area contributed by atoms with E-state index in [-0.39, 0.29) is 0 Å². The van der Waals surface area contributed by atoms with Gasteiger partial charge in [0.05, 0.1) is 18.5 Å². The van der Waals surface area contributed by atoms with Gasteiger partial charge in [0.25, 0.3) is 0 Å². The molecule has 1 aromatic carbocycles. The smallest absolute Gasteiger partial charge is 0.121 e. The zero-order valence-electron chi connectivity index (χ0n) is 8.35. The molecule has 2 aromatic rings. The normalized spacial score (nSPS) is 10.3. The van der Waals surface area contributed by atoms with Gasteiger partial charge in [0.2, 0.25) is 0 Å². The minimum atomic E-state index is 0.768. The third-order valence-electron chi connectivity index (χ3n) is 2.10. The van der Waals surface area contributed by atoms with Crippen LogP contribution in [-0.2, 0) is 5.33 Å². The summed E-state index contributed by atoms with van der Waals surface area (Å²) in [7, 11) is 1.66. The Morgan fingerprint density at radius 3 is 2.93 bits per heavy atom. The lowest BCUT2D eigenvalue weighted by atomic mass is 10.3. The van der Waals surface area contributed by atoms with Crippen molar-refractivity contribution in [3.63, 3.8) is 0 Å². The second kappa shape index (κ2) is 4.49. The molecule has 0 atom stereocenters. The number of alkyl halides is 1. The first-order chi connectivity index (χ1) is 7.33. The zero-order chi connectivity index (χ0) is 10.7. The van der Waals surface area contributed by atoms with E-state index in [1.165, 1.54) is 0 Å². The SMILES string of the molecule is COc1cccc(-n2ccc(CBr)n2)c1. The maximum atomic E-state index is 5.16. The molecule has 0 aliphatic carbocycles. The van der Waals surface area contributed by atoms with Gasteiger partial charge in [-0.25, -0.2) is 4.68 Å². The molecule has 15 heavy (non-hydrogen) atoms. The molecule has 0 radical (unpaired) electrons. The second-order valence-electron chi connectivity index (χ2n) is 3.09. The van der Waals surface area contributed by atoms with E-state index in [0.717, 1.165) is 22.5 Å². The molecule has 0 spiro atoms. The molecule has 0 saturated heterocycles. The van der Waals surface area contributed by atoms with E-state index in [1.807, 2.05) is 41.2 Å². The van der Waals surface area contributed by atoms with E-state index >= 15 is 0 Å². The largest absolute Gasteiger partial charge is 0.497 e. The van der Waals surface area contributed by atoms with Gasteiger partial charge in [0.15, 0.2) is 0 Å². The first kappa shape index (κ1) is 10.2. The topological polar surface area (TPSA) is 27.1 Å². The molecule has 1 aromatic heterocycles. The molecule has 3 nitrogen and oxygen atoms in total. The lowest BCUT2D eigenvalue weighted by Crippen LogP contribution is -1.95. The fourth-order valence-electron chi connectivity index (χ4n) is 1.33. The van der Waals surface area contributed by atoms with Crippen molar-refractivity contribution in [2.75, 3.05) is 7.11 Å². The highest BCUT2D eigenvalue weighted by Crippen LogP contribution is 2.16. The van der Waals surface area contributed by atoms with Crippen molar-refractivity contribution >= 4 is 15.9 Å². The fourth-order valence-corrected chi connectivity index (χ4v) is 1.63. The molecule has 0 amide bonds. The Kier molecular flexibility index (Phi) is 3.06. The molecule has 78 valence electrons. The highest BCUT2D eigenvalue weighted by molar-refractivity contribution is 9.08. The van der Waals surface area contributed by atoms with Gasteiger partial charge in [-0.1, -0.05) is 22.0 Å². The van der Waals surface area contributed by atoms with Crippen LogP contribution in [0, 0.1) is 0 Å². The summed E-state index contributed by atoms with van der Waals surface area (Å²) >= 11 is 3.37. The number of hydrogen-bond acceptors (Lipinski definition) is 2. The monoisotopic (exact) mass is 266 g/mol. The van der Waals surface area contributed by atoms with Crippen molar-refractivity contribution in [3.8, 4) is 11.4 Å². The zero-order valence-corrected chi connectivity index (χ0v) is 9.94. The average Bonchev–Trinajstić information content (AvgIpc) is 2.78. The molecule has 0 aliphatic rings. The Balaban J connectivity index is 2.35. The van der Waals surface area contributed by atoms with Crippen LogP contribution in [0.15, 0.2) is 36.5 Å². The summed E-state index contributed by atoms with van der Waals surface area (Å²) in [5.74, 6) is 0.836. The van der Waals surface area contributed by atoms with Crippen molar-refractivity contribution < 1.29 is 4.74 Å².